The second-order valence-corrected chi connectivity index (χ2v) is 4.54. The highest BCUT2D eigenvalue weighted by molar-refractivity contribution is 5.97. The lowest BCUT2D eigenvalue weighted by atomic mass is 10.1. The van der Waals surface area contributed by atoms with Crippen LogP contribution in [-0.4, -0.2) is 21.0 Å². The lowest BCUT2D eigenvalue weighted by Gasteiger charge is -2.07. The molecule has 0 aliphatic carbocycles. The zero-order valence-corrected chi connectivity index (χ0v) is 11.5. The van der Waals surface area contributed by atoms with Gasteiger partial charge in [0.2, 0.25) is 0 Å². The SMILES string of the molecule is Cc1cnc(CNCc2ccc(C(N)=NO)cc2F)cn1. The second-order valence-electron chi connectivity index (χ2n) is 4.54. The first kappa shape index (κ1) is 14.9. The van der Waals surface area contributed by atoms with Crippen molar-refractivity contribution in [3.8, 4) is 0 Å². The van der Waals surface area contributed by atoms with E-state index >= 15 is 0 Å². The molecule has 2 aromatic rings. The Hall–Kier alpha value is -2.54. The summed E-state index contributed by atoms with van der Waals surface area (Å²) in [7, 11) is 0. The van der Waals surface area contributed by atoms with Crippen LogP contribution in [0, 0.1) is 12.7 Å². The maximum Gasteiger partial charge on any atom is 0.170 e. The Bertz CT molecular complexity index is 642. The summed E-state index contributed by atoms with van der Waals surface area (Å²) in [4.78, 5) is 8.34. The molecule has 21 heavy (non-hydrogen) atoms. The Labute approximate surface area is 121 Å². The number of halogens is 1. The topological polar surface area (TPSA) is 96.4 Å². The van der Waals surface area contributed by atoms with Crippen molar-refractivity contribution < 1.29 is 9.60 Å². The van der Waals surface area contributed by atoms with E-state index in [1.165, 1.54) is 6.07 Å². The van der Waals surface area contributed by atoms with E-state index in [-0.39, 0.29) is 5.84 Å². The molecule has 0 aliphatic rings. The highest BCUT2D eigenvalue weighted by Crippen LogP contribution is 2.10. The van der Waals surface area contributed by atoms with E-state index in [9.17, 15) is 4.39 Å². The van der Waals surface area contributed by atoms with Crippen LogP contribution in [-0.2, 0) is 13.1 Å². The molecule has 0 unspecified atom stereocenters. The quantitative estimate of drug-likeness (QED) is 0.334. The molecular weight excluding hydrogens is 273 g/mol. The molecule has 4 N–H and O–H groups in total. The maximum atomic E-state index is 13.9. The van der Waals surface area contributed by atoms with Gasteiger partial charge in [0, 0.05) is 36.6 Å². The third kappa shape index (κ3) is 3.96. The minimum atomic E-state index is -0.415. The molecule has 2 rings (SSSR count). The predicted molar refractivity (Wildman–Crippen MR) is 76.2 cm³/mol. The fourth-order valence-corrected chi connectivity index (χ4v) is 1.74. The number of aryl methyl sites for hydroxylation is 1. The van der Waals surface area contributed by atoms with E-state index < -0.39 is 5.82 Å². The van der Waals surface area contributed by atoms with Crippen molar-refractivity contribution in [2.45, 2.75) is 20.0 Å². The summed E-state index contributed by atoms with van der Waals surface area (Å²) >= 11 is 0. The fraction of sp³-hybridized carbons (Fsp3) is 0.214. The molecule has 1 heterocycles. The molecule has 0 radical (unpaired) electrons. The van der Waals surface area contributed by atoms with E-state index in [0.717, 1.165) is 11.4 Å². The lowest BCUT2D eigenvalue weighted by molar-refractivity contribution is 0.318. The number of rotatable bonds is 5. The van der Waals surface area contributed by atoms with Crippen molar-refractivity contribution in [3.05, 3.63) is 58.9 Å². The summed E-state index contributed by atoms with van der Waals surface area (Å²) in [6, 6.07) is 4.43. The van der Waals surface area contributed by atoms with Gasteiger partial charge >= 0.3 is 0 Å². The highest BCUT2D eigenvalue weighted by atomic mass is 19.1. The van der Waals surface area contributed by atoms with Gasteiger partial charge in [0.25, 0.3) is 0 Å². The zero-order chi connectivity index (χ0) is 15.2. The Morgan fingerprint density at radius 1 is 1.33 bits per heavy atom. The molecule has 0 saturated carbocycles. The largest absolute Gasteiger partial charge is 0.409 e. The first-order valence-electron chi connectivity index (χ1n) is 6.34. The highest BCUT2D eigenvalue weighted by Gasteiger charge is 2.06. The molecule has 0 atom stereocenters. The minimum absolute atomic E-state index is 0.122. The summed E-state index contributed by atoms with van der Waals surface area (Å²) in [5.41, 5.74) is 7.87. The van der Waals surface area contributed by atoms with E-state index in [1.807, 2.05) is 6.92 Å². The molecule has 0 fully saturated rings. The van der Waals surface area contributed by atoms with Crippen LogP contribution in [0.1, 0.15) is 22.5 Å². The van der Waals surface area contributed by atoms with Crippen molar-refractivity contribution in [3.63, 3.8) is 0 Å². The lowest BCUT2D eigenvalue weighted by Crippen LogP contribution is -2.16. The molecule has 1 aromatic carbocycles. The van der Waals surface area contributed by atoms with Crippen LogP contribution in [0.25, 0.3) is 0 Å². The average Bonchev–Trinajstić information content (AvgIpc) is 2.50. The number of hydrogen-bond acceptors (Lipinski definition) is 5. The molecule has 6 nitrogen and oxygen atoms in total. The monoisotopic (exact) mass is 289 g/mol. The van der Waals surface area contributed by atoms with Crippen LogP contribution in [0.4, 0.5) is 4.39 Å². The average molecular weight is 289 g/mol. The zero-order valence-electron chi connectivity index (χ0n) is 11.5. The van der Waals surface area contributed by atoms with Gasteiger partial charge in [0.05, 0.1) is 11.4 Å². The number of benzene rings is 1. The maximum absolute atomic E-state index is 13.9. The van der Waals surface area contributed by atoms with Gasteiger partial charge in [-0.2, -0.15) is 0 Å². The summed E-state index contributed by atoms with van der Waals surface area (Å²) in [6.45, 7) is 2.70. The van der Waals surface area contributed by atoms with Crippen LogP contribution in [0.3, 0.4) is 0 Å². The summed E-state index contributed by atoms with van der Waals surface area (Å²) in [5, 5.41) is 14.5. The van der Waals surface area contributed by atoms with Crippen molar-refractivity contribution in [2.75, 3.05) is 0 Å². The van der Waals surface area contributed by atoms with Gasteiger partial charge < -0.3 is 16.3 Å². The molecule has 7 heteroatoms. The Morgan fingerprint density at radius 3 is 2.76 bits per heavy atom. The predicted octanol–water partition coefficient (Wildman–Crippen LogP) is 1.31. The number of amidine groups is 1. The van der Waals surface area contributed by atoms with Crippen LogP contribution >= 0.6 is 0 Å². The van der Waals surface area contributed by atoms with Crippen molar-refractivity contribution in [1.29, 1.82) is 0 Å². The van der Waals surface area contributed by atoms with Gasteiger partial charge in [-0.05, 0) is 13.0 Å². The van der Waals surface area contributed by atoms with Crippen LogP contribution < -0.4 is 11.1 Å². The number of nitrogens with one attached hydrogen (secondary N) is 1. The molecule has 0 saturated heterocycles. The minimum Gasteiger partial charge on any atom is -0.409 e. The summed E-state index contributed by atoms with van der Waals surface area (Å²) in [5.74, 6) is -0.537. The van der Waals surface area contributed by atoms with Crippen molar-refractivity contribution in [1.82, 2.24) is 15.3 Å². The third-order valence-corrected chi connectivity index (χ3v) is 2.91. The molecule has 0 amide bonds. The van der Waals surface area contributed by atoms with E-state index in [2.05, 4.69) is 20.4 Å². The van der Waals surface area contributed by atoms with Gasteiger partial charge in [-0.25, -0.2) is 4.39 Å². The Balaban J connectivity index is 1.96. The molecule has 1 aromatic heterocycles. The van der Waals surface area contributed by atoms with Gasteiger partial charge in [0.1, 0.15) is 5.82 Å². The number of hydrogen-bond donors (Lipinski definition) is 3. The number of nitrogens with zero attached hydrogens (tertiary/aromatic N) is 3. The Kier molecular flexibility index (Phi) is 4.78. The van der Waals surface area contributed by atoms with Crippen LogP contribution in [0.2, 0.25) is 0 Å². The van der Waals surface area contributed by atoms with Gasteiger partial charge in [-0.1, -0.05) is 17.3 Å². The van der Waals surface area contributed by atoms with Gasteiger partial charge in [-0.3, -0.25) is 9.97 Å². The molecular formula is C14H16FN5O. The molecule has 0 spiro atoms. The number of aromatic nitrogens is 2. The first-order valence-corrected chi connectivity index (χ1v) is 6.34. The summed E-state index contributed by atoms with van der Waals surface area (Å²) < 4.78 is 13.9. The number of nitrogens with two attached hydrogens (primary N) is 1. The van der Waals surface area contributed by atoms with E-state index in [1.54, 1.807) is 24.5 Å². The van der Waals surface area contributed by atoms with E-state index in [0.29, 0.717) is 24.2 Å². The Morgan fingerprint density at radius 2 is 2.14 bits per heavy atom. The van der Waals surface area contributed by atoms with Gasteiger partial charge in [0.15, 0.2) is 5.84 Å². The second kappa shape index (κ2) is 6.76. The van der Waals surface area contributed by atoms with Crippen molar-refractivity contribution >= 4 is 5.84 Å². The van der Waals surface area contributed by atoms with Crippen LogP contribution in [0.15, 0.2) is 35.7 Å². The number of oxime groups is 1. The molecule has 0 aliphatic heterocycles. The fourth-order valence-electron chi connectivity index (χ4n) is 1.74. The van der Waals surface area contributed by atoms with Crippen molar-refractivity contribution in [2.24, 2.45) is 10.9 Å². The molecule has 110 valence electrons. The van der Waals surface area contributed by atoms with Crippen LogP contribution in [0.5, 0.6) is 0 Å². The van der Waals surface area contributed by atoms with E-state index in [4.69, 9.17) is 10.9 Å². The summed E-state index contributed by atoms with van der Waals surface area (Å²) in [6.07, 6.45) is 3.36. The standard InChI is InChI=1S/C14H16FN5O/c1-9-5-19-12(8-18-9)7-17-6-11-3-2-10(4-13(11)15)14(16)20-21/h2-5,8,17,21H,6-7H2,1H3,(H2,16,20). The van der Waals surface area contributed by atoms with Gasteiger partial charge in [-0.15, -0.1) is 0 Å². The smallest absolute Gasteiger partial charge is 0.170 e. The first-order chi connectivity index (χ1) is 10.1. The molecule has 0 bridgehead atoms. The normalized spacial score (nSPS) is 11.6. The third-order valence-electron chi connectivity index (χ3n) is 2.91.